The largest absolute Gasteiger partial charge is 0.416 e. The Morgan fingerprint density at radius 2 is 1.59 bits per heavy atom. The Morgan fingerprint density at radius 1 is 0.811 bits per heavy atom. The van der Waals surface area contributed by atoms with Gasteiger partial charge in [-0.2, -0.15) is 18.4 Å². The van der Waals surface area contributed by atoms with Crippen LogP contribution >= 0.6 is 0 Å². The highest BCUT2D eigenvalue weighted by molar-refractivity contribution is 5.97. The van der Waals surface area contributed by atoms with Gasteiger partial charge in [0, 0.05) is 23.5 Å². The van der Waals surface area contributed by atoms with Crippen LogP contribution in [0.5, 0.6) is 0 Å². The molecule has 0 fully saturated rings. The lowest BCUT2D eigenvalue weighted by Crippen LogP contribution is -2.08. The number of rotatable bonds is 6. The highest BCUT2D eigenvalue weighted by Gasteiger charge is 2.30. The van der Waals surface area contributed by atoms with Gasteiger partial charge in [-0.25, -0.2) is 0 Å². The first-order valence-electron chi connectivity index (χ1n) is 11.6. The van der Waals surface area contributed by atoms with Crippen LogP contribution in [0, 0.1) is 11.3 Å². The number of pyridine rings is 1. The highest BCUT2D eigenvalue weighted by atomic mass is 19.4. The molecule has 1 unspecified atom stereocenters. The summed E-state index contributed by atoms with van der Waals surface area (Å²) in [5.74, 6) is 0. The summed E-state index contributed by atoms with van der Waals surface area (Å²) in [6.07, 6.45) is -1.57. The first-order valence-corrected chi connectivity index (χ1v) is 11.6. The van der Waals surface area contributed by atoms with Crippen LogP contribution in [0.1, 0.15) is 33.9 Å². The van der Waals surface area contributed by atoms with Crippen molar-refractivity contribution < 1.29 is 17.9 Å². The van der Waals surface area contributed by atoms with Gasteiger partial charge in [-0.05, 0) is 57.8 Å². The summed E-state index contributed by atoms with van der Waals surface area (Å²) in [5.41, 5.74) is 3.77. The fraction of sp³-hybridized carbons (Fsp3) is 0.0968. The molecule has 6 heteroatoms. The quantitative estimate of drug-likeness (QED) is 0.240. The molecule has 1 aromatic heterocycles. The maximum atomic E-state index is 13.0. The Bertz CT molecular complexity index is 1570. The Hall–Kier alpha value is -4.47. The molecule has 0 N–H and O–H groups in total. The van der Waals surface area contributed by atoms with Crippen molar-refractivity contribution in [1.82, 2.24) is 4.98 Å². The fourth-order valence-electron chi connectivity index (χ4n) is 4.39. The summed E-state index contributed by atoms with van der Waals surface area (Å²) in [7, 11) is 0. The van der Waals surface area contributed by atoms with Crippen molar-refractivity contribution in [3.8, 4) is 17.2 Å². The van der Waals surface area contributed by atoms with Crippen molar-refractivity contribution >= 4 is 10.8 Å². The topological polar surface area (TPSA) is 45.9 Å². The Morgan fingerprint density at radius 3 is 2.32 bits per heavy atom. The number of nitrogens with zero attached hydrogens (tertiary/aromatic N) is 2. The highest BCUT2D eigenvalue weighted by Crippen LogP contribution is 2.36. The SMILES string of the molecule is N#Cc1ccc(C(OCc2ccc(C(F)(F)F)cc2)c2cccnc2)cc1-c1cccc2ccccc12. The number of nitriles is 1. The molecule has 1 heterocycles. The molecule has 0 spiro atoms. The van der Waals surface area contributed by atoms with Crippen LogP contribution in [-0.2, 0) is 17.5 Å². The van der Waals surface area contributed by atoms with E-state index in [4.69, 9.17) is 4.74 Å². The van der Waals surface area contributed by atoms with Crippen LogP contribution in [0.4, 0.5) is 13.2 Å². The summed E-state index contributed by atoms with van der Waals surface area (Å²) in [6.45, 7) is 0.0985. The molecule has 0 bridgehead atoms. The van der Waals surface area contributed by atoms with Gasteiger partial charge in [0.2, 0.25) is 0 Å². The molecule has 0 aliphatic heterocycles. The van der Waals surface area contributed by atoms with Crippen LogP contribution in [0.25, 0.3) is 21.9 Å². The molecular formula is C31H21F3N2O. The molecule has 182 valence electrons. The van der Waals surface area contributed by atoms with Crippen molar-refractivity contribution in [3.05, 3.63) is 137 Å². The molecule has 0 aliphatic carbocycles. The minimum absolute atomic E-state index is 0.0985. The van der Waals surface area contributed by atoms with E-state index in [0.717, 1.165) is 45.2 Å². The lowest BCUT2D eigenvalue weighted by molar-refractivity contribution is -0.137. The number of benzene rings is 4. The van der Waals surface area contributed by atoms with E-state index >= 15 is 0 Å². The molecule has 5 rings (SSSR count). The van der Waals surface area contributed by atoms with Gasteiger partial charge in [-0.15, -0.1) is 0 Å². The number of hydrogen-bond donors (Lipinski definition) is 0. The molecule has 0 saturated carbocycles. The smallest absolute Gasteiger partial charge is 0.364 e. The van der Waals surface area contributed by atoms with Gasteiger partial charge in [0.1, 0.15) is 6.10 Å². The standard InChI is InChI=1S/C31H21F3N2O/c32-31(33,34)26-14-10-21(11-15-26)20-37-30(25-7-4-16-36-19-25)23-12-13-24(18-35)29(17-23)28-9-3-6-22-5-1-2-8-27(22)28/h1-17,19,30H,20H2. The number of aromatic nitrogens is 1. The summed E-state index contributed by atoms with van der Waals surface area (Å²) in [4.78, 5) is 4.22. The van der Waals surface area contributed by atoms with Gasteiger partial charge in [0.05, 0.1) is 23.8 Å². The molecule has 4 aromatic carbocycles. The lowest BCUT2D eigenvalue weighted by Gasteiger charge is -2.20. The summed E-state index contributed by atoms with van der Waals surface area (Å²) >= 11 is 0. The Kier molecular flexibility index (Phi) is 6.72. The van der Waals surface area contributed by atoms with Crippen molar-refractivity contribution in [3.63, 3.8) is 0 Å². The van der Waals surface area contributed by atoms with E-state index in [2.05, 4.69) is 11.1 Å². The van der Waals surface area contributed by atoms with Gasteiger partial charge < -0.3 is 4.74 Å². The zero-order valence-corrected chi connectivity index (χ0v) is 19.6. The van der Waals surface area contributed by atoms with Crippen molar-refractivity contribution in [1.29, 1.82) is 5.26 Å². The third-order valence-electron chi connectivity index (χ3n) is 6.23. The molecule has 5 aromatic rings. The summed E-state index contributed by atoms with van der Waals surface area (Å²) < 4.78 is 45.1. The van der Waals surface area contributed by atoms with Gasteiger partial charge in [-0.1, -0.05) is 66.7 Å². The van der Waals surface area contributed by atoms with E-state index in [-0.39, 0.29) is 6.61 Å². The van der Waals surface area contributed by atoms with Gasteiger partial charge in [0.15, 0.2) is 0 Å². The van der Waals surface area contributed by atoms with Crippen LogP contribution in [0.3, 0.4) is 0 Å². The number of halogens is 3. The second kappa shape index (κ2) is 10.3. The molecular weight excluding hydrogens is 473 g/mol. The number of alkyl halides is 3. The van der Waals surface area contributed by atoms with E-state index in [0.29, 0.717) is 11.1 Å². The van der Waals surface area contributed by atoms with Gasteiger partial charge >= 0.3 is 6.18 Å². The third-order valence-corrected chi connectivity index (χ3v) is 6.23. The van der Waals surface area contributed by atoms with E-state index < -0.39 is 17.8 Å². The first-order chi connectivity index (χ1) is 17.9. The predicted molar refractivity (Wildman–Crippen MR) is 136 cm³/mol. The monoisotopic (exact) mass is 494 g/mol. The van der Waals surface area contributed by atoms with Crippen LogP contribution in [0.2, 0.25) is 0 Å². The fourth-order valence-corrected chi connectivity index (χ4v) is 4.39. The minimum Gasteiger partial charge on any atom is -0.364 e. The van der Waals surface area contributed by atoms with Crippen LogP contribution in [0.15, 0.2) is 109 Å². The zero-order valence-electron chi connectivity index (χ0n) is 19.6. The first kappa shape index (κ1) is 24.2. The molecule has 1 atom stereocenters. The minimum atomic E-state index is -4.39. The molecule has 0 saturated heterocycles. The second-order valence-corrected chi connectivity index (χ2v) is 8.62. The van der Waals surface area contributed by atoms with E-state index in [9.17, 15) is 18.4 Å². The Labute approximate surface area is 212 Å². The average Bonchev–Trinajstić information content (AvgIpc) is 2.93. The normalized spacial score (nSPS) is 12.3. The average molecular weight is 495 g/mol. The number of ether oxygens (including phenoxy) is 1. The summed E-state index contributed by atoms with van der Waals surface area (Å²) in [5, 5.41) is 12.0. The molecule has 37 heavy (non-hydrogen) atoms. The predicted octanol–water partition coefficient (Wildman–Crippen LogP) is 8.10. The lowest BCUT2D eigenvalue weighted by atomic mass is 9.91. The van der Waals surface area contributed by atoms with E-state index in [1.165, 1.54) is 12.1 Å². The zero-order chi connectivity index (χ0) is 25.8. The second-order valence-electron chi connectivity index (χ2n) is 8.62. The molecule has 0 aliphatic rings. The molecule has 0 radical (unpaired) electrons. The van der Waals surface area contributed by atoms with Gasteiger partial charge in [-0.3, -0.25) is 4.98 Å². The maximum Gasteiger partial charge on any atom is 0.416 e. The van der Waals surface area contributed by atoms with Gasteiger partial charge in [0.25, 0.3) is 0 Å². The van der Waals surface area contributed by atoms with E-state index in [1.807, 2.05) is 60.7 Å². The number of fused-ring (bicyclic) bond motifs is 1. The van der Waals surface area contributed by atoms with Crippen LogP contribution in [-0.4, -0.2) is 4.98 Å². The Balaban J connectivity index is 1.54. The number of hydrogen-bond acceptors (Lipinski definition) is 3. The van der Waals surface area contributed by atoms with Crippen molar-refractivity contribution in [2.75, 3.05) is 0 Å². The van der Waals surface area contributed by atoms with Crippen molar-refractivity contribution in [2.24, 2.45) is 0 Å². The molecule has 0 amide bonds. The van der Waals surface area contributed by atoms with Crippen LogP contribution < -0.4 is 0 Å². The third kappa shape index (κ3) is 5.23. The van der Waals surface area contributed by atoms with E-state index in [1.54, 1.807) is 24.5 Å². The molecule has 3 nitrogen and oxygen atoms in total. The maximum absolute atomic E-state index is 13.0. The summed E-state index contributed by atoms with van der Waals surface area (Å²) in [6, 6.07) is 30.5. The van der Waals surface area contributed by atoms with Crippen molar-refractivity contribution in [2.45, 2.75) is 18.9 Å².